The van der Waals surface area contributed by atoms with Gasteiger partial charge >= 0.3 is 0 Å². The van der Waals surface area contributed by atoms with Gasteiger partial charge in [0.05, 0.1) is 24.7 Å². The second kappa shape index (κ2) is 7.36. The van der Waals surface area contributed by atoms with Crippen LogP contribution in [0.1, 0.15) is 10.5 Å². The number of benzene rings is 1. The van der Waals surface area contributed by atoms with Crippen LogP contribution in [-0.2, 0) is 7.05 Å². The molecule has 1 aromatic carbocycles. The minimum Gasteiger partial charge on any atom is -0.476 e. The highest BCUT2D eigenvalue weighted by atomic mass is 35.5. The molecular weight excluding hydrogens is 366 g/mol. The number of nitrogens with zero attached hydrogens (tertiary/aromatic N) is 5. The van der Waals surface area contributed by atoms with Crippen LogP contribution in [0.15, 0.2) is 48.8 Å². The molecule has 3 heterocycles. The summed E-state index contributed by atoms with van der Waals surface area (Å²) in [4.78, 5) is 22.5. The molecule has 1 saturated heterocycles. The van der Waals surface area contributed by atoms with Crippen LogP contribution in [0.5, 0.6) is 5.88 Å². The highest BCUT2D eigenvalue weighted by Gasteiger charge is 2.33. The SMILES string of the molecule is Cn1nc(-c2ccccc2)cc1C(=O)N1CC(COc2cncc(Cl)n2)C1. The Kier molecular flexibility index (Phi) is 4.77. The fourth-order valence-corrected chi connectivity index (χ4v) is 3.16. The molecule has 0 aliphatic carbocycles. The first kappa shape index (κ1) is 17.5. The summed E-state index contributed by atoms with van der Waals surface area (Å²) in [7, 11) is 1.79. The van der Waals surface area contributed by atoms with Crippen molar-refractivity contribution >= 4 is 17.5 Å². The van der Waals surface area contributed by atoms with Crippen molar-refractivity contribution < 1.29 is 9.53 Å². The zero-order valence-corrected chi connectivity index (χ0v) is 15.5. The van der Waals surface area contributed by atoms with E-state index >= 15 is 0 Å². The number of carbonyl (C=O) groups is 1. The van der Waals surface area contributed by atoms with E-state index in [1.807, 2.05) is 36.4 Å². The lowest BCUT2D eigenvalue weighted by atomic mass is 10.0. The van der Waals surface area contributed by atoms with Gasteiger partial charge in [0.15, 0.2) is 5.15 Å². The van der Waals surface area contributed by atoms with E-state index in [0.29, 0.717) is 36.4 Å². The zero-order chi connectivity index (χ0) is 18.8. The maximum absolute atomic E-state index is 12.7. The smallest absolute Gasteiger partial charge is 0.272 e. The zero-order valence-electron chi connectivity index (χ0n) is 14.7. The maximum atomic E-state index is 12.7. The van der Waals surface area contributed by atoms with Gasteiger partial charge < -0.3 is 9.64 Å². The van der Waals surface area contributed by atoms with Gasteiger partial charge in [-0.2, -0.15) is 10.1 Å². The number of likely N-dealkylation sites (tertiary alicyclic amines) is 1. The Labute approximate surface area is 161 Å². The van der Waals surface area contributed by atoms with Crippen molar-refractivity contribution in [2.45, 2.75) is 0 Å². The Balaban J connectivity index is 1.34. The average molecular weight is 384 g/mol. The molecule has 0 unspecified atom stereocenters. The van der Waals surface area contributed by atoms with E-state index in [2.05, 4.69) is 15.1 Å². The third kappa shape index (κ3) is 3.78. The van der Waals surface area contributed by atoms with Crippen LogP contribution in [0.3, 0.4) is 0 Å². The van der Waals surface area contributed by atoms with E-state index < -0.39 is 0 Å². The third-order valence-corrected chi connectivity index (χ3v) is 4.64. The first-order valence-corrected chi connectivity index (χ1v) is 8.97. The molecule has 0 saturated carbocycles. The van der Waals surface area contributed by atoms with Gasteiger partial charge in [-0.3, -0.25) is 14.5 Å². The van der Waals surface area contributed by atoms with Gasteiger partial charge in [-0.1, -0.05) is 41.9 Å². The van der Waals surface area contributed by atoms with Gasteiger partial charge in [-0.05, 0) is 6.07 Å². The standard InChI is InChI=1S/C19H18ClN5O2/c1-24-16(7-15(23-24)14-5-3-2-4-6-14)19(26)25-10-13(11-25)12-27-18-9-21-8-17(20)22-18/h2-9,13H,10-12H2,1H3. The Morgan fingerprint density at radius 2 is 2.04 bits per heavy atom. The predicted octanol–water partition coefficient (Wildman–Crippen LogP) is 2.68. The highest BCUT2D eigenvalue weighted by molar-refractivity contribution is 6.29. The molecule has 7 nitrogen and oxygen atoms in total. The molecule has 0 bridgehead atoms. The fourth-order valence-electron chi connectivity index (χ4n) is 3.02. The van der Waals surface area contributed by atoms with Crippen LogP contribution in [-0.4, -0.2) is 50.3 Å². The van der Waals surface area contributed by atoms with Crippen molar-refractivity contribution in [3.05, 3.63) is 59.6 Å². The van der Waals surface area contributed by atoms with E-state index in [-0.39, 0.29) is 11.8 Å². The van der Waals surface area contributed by atoms with Gasteiger partial charge in [-0.25, -0.2) is 0 Å². The summed E-state index contributed by atoms with van der Waals surface area (Å²) in [6.07, 6.45) is 2.98. The quantitative estimate of drug-likeness (QED) is 0.677. The normalized spacial score (nSPS) is 14.1. The topological polar surface area (TPSA) is 73.1 Å². The van der Waals surface area contributed by atoms with Crippen LogP contribution in [0.2, 0.25) is 5.15 Å². The molecule has 0 spiro atoms. The van der Waals surface area contributed by atoms with Crippen molar-refractivity contribution in [1.29, 1.82) is 0 Å². The number of aromatic nitrogens is 4. The second-order valence-corrected chi connectivity index (χ2v) is 6.86. The fraction of sp³-hybridized carbons (Fsp3) is 0.263. The van der Waals surface area contributed by atoms with Crippen molar-refractivity contribution in [3.8, 4) is 17.1 Å². The number of hydrogen-bond acceptors (Lipinski definition) is 5. The Morgan fingerprint density at radius 1 is 1.26 bits per heavy atom. The van der Waals surface area contributed by atoms with Gasteiger partial charge in [0.1, 0.15) is 5.69 Å². The van der Waals surface area contributed by atoms with Crippen LogP contribution < -0.4 is 4.74 Å². The molecule has 4 rings (SSSR count). The summed E-state index contributed by atoms with van der Waals surface area (Å²) in [6, 6.07) is 11.7. The summed E-state index contributed by atoms with van der Waals surface area (Å²) >= 11 is 5.79. The predicted molar refractivity (Wildman–Crippen MR) is 101 cm³/mol. The number of halogens is 1. The molecule has 0 N–H and O–H groups in total. The lowest BCUT2D eigenvalue weighted by molar-refractivity contribution is 0.0378. The highest BCUT2D eigenvalue weighted by Crippen LogP contribution is 2.23. The summed E-state index contributed by atoms with van der Waals surface area (Å²) in [5.41, 5.74) is 2.36. The van der Waals surface area contributed by atoms with Crippen molar-refractivity contribution in [2.24, 2.45) is 13.0 Å². The van der Waals surface area contributed by atoms with Crippen LogP contribution in [0.4, 0.5) is 0 Å². The molecule has 27 heavy (non-hydrogen) atoms. The summed E-state index contributed by atoms with van der Waals surface area (Å²) in [6.45, 7) is 1.75. The molecular formula is C19H18ClN5O2. The molecule has 8 heteroatoms. The molecule has 1 aliphatic heterocycles. The van der Waals surface area contributed by atoms with Crippen molar-refractivity contribution in [2.75, 3.05) is 19.7 Å². The van der Waals surface area contributed by atoms with Gasteiger partial charge in [-0.15, -0.1) is 0 Å². The Morgan fingerprint density at radius 3 is 2.78 bits per heavy atom. The monoisotopic (exact) mass is 383 g/mol. The van der Waals surface area contributed by atoms with Crippen molar-refractivity contribution in [1.82, 2.24) is 24.6 Å². The Bertz CT molecular complexity index is 954. The van der Waals surface area contributed by atoms with Crippen LogP contribution in [0, 0.1) is 5.92 Å². The number of aryl methyl sites for hydroxylation is 1. The van der Waals surface area contributed by atoms with Crippen molar-refractivity contribution in [3.63, 3.8) is 0 Å². The number of carbonyl (C=O) groups excluding carboxylic acids is 1. The van der Waals surface area contributed by atoms with E-state index in [1.54, 1.807) is 16.6 Å². The first-order valence-electron chi connectivity index (χ1n) is 8.59. The lowest BCUT2D eigenvalue weighted by Gasteiger charge is -2.38. The summed E-state index contributed by atoms with van der Waals surface area (Å²) in [5.74, 6) is 0.633. The summed E-state index contributed by atoms with van der Waals surface area (Å²) < 4.78 is 7.23. The number of amides is 1. The minimum absolute atomic E-state index is 0.0222. The number of hydrogen-bond donors (Lipinski definition) is 0. The molecule has 1 fully saturated rings. The molecule has 1 amide bonds. The number of rotatable bonds is 5. The second-order valence-electron chi connectivity index (χ2n) is 6.47. The van der Waals surface area contributed by atoms with Crippen LogP contribution >= 0.6 is 11.6 Å². The van der Waals surface area contributed by atoms with Gasteiger partial charge in [0.2, 0.25) is 5.88 Å². The van der Waals surface area contributed by atoms with E-state index in [4.69, 9.17) is 16.3 Å². The maximum Gasteiger partial charge on any atom is 0.272 e. The largest absolute Gasteiger partial charge is 0.476 e. The van der Waals surface area contributed by atoms with Crippen LogP contribution in [0.25, 0.3) is 11.3 Å². The first-order chi connectivity index (χ1) is 13.1. The average Bonchev–Trinajstić information content (AvgIpc) is 3.03. The minimum atomic E-state index is -0.0222. The molecule has 138 valence electrons. The Hall–Kier alpha value is -2.93. The van der Waals surface area contributed by atoms with E-state index in [9.17, 15) is 4.79 Å². The van der Waals surface area contributed by atoms with E-state index in [1.165, 1.54) is 12.4 Å². The summed E-state index contributed by atoms with van der Waals surface area (Å²) in [5, 5.41) is 4.76. The molecule has 3 aromatic rings. The van der Waals surface area contributed by atoms with E-state index in [0.717, 1.165) is 11.3 Å². The molecule has 2 aromatic heterocycles. The molecule has 1 aliphatic rings. The van der Waals surface area contributed by atoms with Gasteiger partial charge in [0, 0.05) is 31.6 Å². The lowest BCUT2D eigenvalue weighted by Crippen LogP contribution is -2.52. The number of ether oxygens (including phenoxy) is 1. The third-order valence-electron chi connectivity index (χ3n) is 4.46. The van der Waals surface area contributed by atoms with Gasteiger partial charge in [0.25, 0.3) is 5.91 Å². The molecule has 0 atom stereocenters. The molecule has 0 radical (unpaired) electrons.